The number of benzene rings is 9. The second kappa shape index (κ2) is 13.4. The van der Waals surface area contributed by atoms with Gasteiger partial charge in [0.05, 0.1) is 5.69 Å². The average molecular weight is 690 g/mol. The molecule has 0 spiro atoms. The summed E-state index contributed by atoms with van der Waals surface area (Å²) in [4.78, 5) is 2.41. The molecule has 0 bridgehead atoms. The molecule has 0 N–H and O–H groups in total. The van der Waals surface area contributed by atoms with Gasteiger partial charge in [0, 0.05) is 27.7 Å². The van der Waals surface area contributed by atoms with E-state index in [0.717, 1.165) is 50.1 Å². The molecule has 0 saturated carbocycles. The lowest BCUT2D eigenvalue weighted by atomic mass is 9.93. The number of rotatable bonds is 7. The molecule has 0 aliphatic carbocycles. The molecule has 9 aromatic carbocycles. The Hall–Kier alpha value is -7.16. The van der Waals surface area contributed by atoms with Gasteiger partial charge in [-0.2, -0.15) is 0 Å². The van der Waals surface area contributed by atoms with Gasteiger partial charge < -0.3 is 9.32 Å². The maximum absolute atomic E-state index is 6.42. The SMILES string of the molecule is c1ccc(-c2cccc(N(c3ccc(-c4ccccc4)c(-c4ccccc4)c3)c3ccccc3-c3ccc4oc5cc6ccccc6cc5c4c3)c2)cc1. The van der Waals surface area contributed by atoms with Crippen LogP contribution in [0.15, 0.2) is 217 Å². The predicted molar refractivity (Wildman–Crippen MR) is 228 cm³/mol. The van der Waals surface area contributed by atoms with Crippen LogP contribution in [0, 0.1) is 0 Å². The molecule has 0 radical (unpaired) electrons. The smallest absolute Gasteiger partial charge is 0.136 e. The molecule has 0 aliphatic heterocycles. The zero-order chi connectivity index (χ0) is 35.8. The first-order valence-corrected chi connectivity index (χ1v) is 18.4. The third-order valence-electron chi connectivity index (χ3n) is 10.4. The second-order valence-electron chi connectivity index (χ2n) is 13.7. The molecular formula is C52H35NO. The van der Waals surface area contributed by atoms with Crippen molar-refractivity contribution in [2.45, 2.75) is 0 Å². The zero-order valence-corrected chi connectivity index (χ0v) is 29.6. The second-order valence-corrected chi connectivity index (χ2v) is 13.7. The molecule has 2 heteroatoms. The van der Waals surface area contributed by atoms with Gasteiger partial charge in [0.2, 0.25) is 0 Å². The van der Waals surface area contributed by atoms with E-state index in [-0.39, 0.29) is 0 Å². The molecule has 10 rings (SSSR count). The van der Waals surface area contributed by atoms with Crippen LogP contribution >= 0.6 is 0 Å². The summed E-state index contributed by atoms with van der Waals surface area (Å²) in [5.74, 6) is 0. The number of anilines is 3. The summed E-state index contributed by atoms with van der Waals surface area (Å²) in [5, 5.41) is 4.62. The fourth-order valence-electron chi connectivity index (χ4n) is 7.82. The Balaban J connectivity index is 1.19. The topological polar surface area (TPSA) is 16.4 Å². The first kappa shape index (κ1) is 31.6. The van der Waals surface area contributed by atoms with Crippen molar-refractivity contribution in [1.29, 1.82) is 0 Å². The fraction of sp³-hybridized carbons (Fsp3) is 0. The molecule has 0 fully saturated rings. The summed E-state index contributed by atoms with van der Waals surface area (Å²) < 4.78 is 6.42. The Morgan fingerprint density at radius 1 is 0.296 bits per heavy atom. The van der Waals surface area contributed by atoms with E-state index in [2.05, 4.69) is 217 Å². The van der Waals surface area contributed by atoms with Crippen molar-refractivity contribution in [3.63, 3.8) is 0 Å². The molecule has 2 nitrogen and oxygen atoms in total. The van der Waals surface area contributed by atoms with E-state index in [1.54, 1.807) is 0 Å². The molecule has 0 atom stereocenters. The summed E-state index contributed by atoms with van der Waals surface area (Å²) in [5.41, 5.74) is 14.4. The first-order chi connectivity index (χ1) is 26.8. The van der Waals surface area contributed by atoms with Crippen LogP contribution in [0.5, 0.6) is 0 Å². The van der Waals surface area contributed by atoms with Gasteiger partial charge in [0.1, 0.15) is 11.2 Å². The summed E-state index contributed by atoms with van der Waals surface area (Å²) in [7, 11) is 0. The Labute approximate surface area is 314 Å². The highest BCUT2D eigenvalue weighted by atomic mass is 16.3. The summed E-state index contributed by atoms with van der Waals surface area (Å²) >= 11 is 0. The van der Waals surface area contributed by atoms with E-state index in [1.165, 1.54) is 44.2 Å². The van der Waals surface area contributed by atoms with Gasteiger partial charge in [-0.1, -0.05) is 158 Å². The maximum atomic E-state index is 6.42. The molecule has 0 amide bonds. The van der Waals surface area contributed by atoms with Crippen LogP contribution in [0.1, 0.15) is 0 Å². The van der Waals surface area contributed by atoms with Crippen LogP contribution in [0.25, 0.3) is 77.2 Å². The lowest BCUT2D eigenvalue weighted by molar-refractivity contribution is 0.669. The van der Waals surface area contributed by atoms with Crippen LogP contribution in [-0.4, -0.2) is 0 Å². The molecular weight excluding hydrogens is 655 g/mol. The molecule has 54 heavy (non-hydrogen) atoms. The highest BCUT2D eigenvalue weighted by molar-refractivity contribution is 6.11. The molecule has 1 heterocycles. The number of furan rings is 1. The Morgan fingerprint density at radius 2 is 0.889 bits per heavy atom. The minimum absolute atomic E-state index is 0.887. The lowest BCUT2D eigenvalue weighted by Crippen LogP contribution is -2.11. The third-order valence-corrected chi connectivity index (χ3v) is 10.4. The first-order valence-electron chi connectivity index (χ1n) is 18.4. The van der Waals surface area contributed by atoms with Crippen LogP contribution in [0.4, 0.5) is 17.1 Å². The molecule has 0 unspecified atom stereocenters. The quantitative estimate of drug-likeness (QED) is 0.166. The molecule has 0 saturated heterocycles. The summed E-state index contributed by atoms with van der Waals surface area (Å²) in [6, 6.07) is 76.0. The van der Waals surface area contributed by atoms with Crippen molar-refractivity contribution in [1.82, 2.24) is 0 Å². The van der Waals surface area contributed by atoms with E-state index >= 15 is 0 Å². The highest BCUT2D eigenvalue weighted by Gasteiger charge is 2.21. The number of nitrogens with zero attached hydrogens (tertiary/aromatic N) is 1. The van der Waals surface area contributed by atoms with Crippen molar-refractivity contribution in [3.05, 3.63) is 212 Å². The van der Waals surface area contributed by atoms with Crippen LogP contribution < -0.4 is 4.90 Å². The maximum Gasteiger partial charge on any atom is 0.136 e. The number of hydrogen-bond acceptors (Lipinski definition) is 2. The average Bonchev–Trinajstić information content (AvgIpc) is 3.60. The zero-order valence-electron chi connectivity index (χ0n) is 29.6. The Bertz CT molecular complexity index is 2930. The van der Waals surface area contributed by atoms with E-state index in [9.17, 15) is 0 Å². The predicted octanol–water partition coefficient (Wildman–Crippen LogP) is 14.9. The largest absolute Gasteiger partial charge is 0.456 e. The number of fused-ring (bicyclic) bond motifs is 4. The van der Waals surface area contributed by atoms with Crippen molar-refractivity contribution in [2.24, 2.45) is 0 Å². The van der Waals surface area contributed by atoms with Crippen LogP contribution in [0.3, 0.4) is 0 Å². The Kier molecular flexibility index (Phi) is 7.85. The lowest BCUT2D eigenvalue weighted by Gasteiger charge is -2.29. The molecule has 0 aliphatic rings. The van der Waals surface area contributed by atoms with Gasteiger partial charge in [0.15, 0.2) is 0 Å². The number of hydrogen-bond donors (Lipinski definition) is 0. The van der Waals surface area contributed by atoms with Crippen LogP contribution in [-0.2, 0) is 0 Å². The Morgan fingerprint density at radius 3 is 1.65 bits per heavy atom. The normalized spacial score (nSPS) is 11.3. The van der Waals surface area contributed by atoms with E-state index in [0.29, 0.717) is 0 Å². The van der Waals surface area contributed by atoms with E-state index in [1.807, 2.05) is 0 Å². The summed E-state index contributed by atoms with van der Waals surface area (Å²) in [6.07, 6.45) is 0. The van der Waals surface area contributed by atoms with Crippen molar-refractivity contribution < 1.29 is 4.42 Å². The fourth-order valence-corrected chi connectivity index (χ4v) is 7.82. The highest BCUT2D eigenvalue weighted by Crippen LogP contribution is 2.45. The van der Waals surface area contributed by atoms with Gasteiger partial charge in [-0.25, -0.2) is 0 Å². The minimum Gasteiger partial charge on any atom is -0.456 e. The van der Waals surface area contributed by atoms with Crippen molar-refractivity contribution >= 4 is 49.8 Å². The molecule has 254 valence electrons. The minimum atomic E-state index is 0.887. The monoisotopic (exact) mass is 689 g/mol. The number of para-hydroxylation sites is 1. The third kappa shape index (κ3) is 5.71. The van der Waals surface area contributed by atoms with Crippen molar-refractivity contribution in [2.75, 3.05) is 4.90 Å². The van der Waals surface area contributed by atoms with Gasteiger partial charge in [0.25, 0.3) is 0 Å². The molecule has 10 aromatic rings. The van der Waals surface area contributed by atoms with Gasteiger partial charge in [-0.15, -0.1) is 0 Å². The van der Waals surface area contributed by atoms with E-state index < -0.39 is 0 Å². The van der Waals surface area contributed by atoms with E-state index in [4.69, 9.17) is 4.42 Å². The van der Waals surface area contributed by atoms with Gasteiger partial charge in [-0.3, -0.25) is 0 Å². The van der Waals surface area contributed by atoms with Crippen molar-refractivity contribution in [3.8, 4) is 44.5 Å². The van der Waals surface area contributed by atoms with Crippen LogP contribution in [0.2, 0.25) is 0 Å². The standard InChI is InChI=1S/C52H35NO/c1-4-15-36(16-5-1)39-23-14-24-43(31-39)53(44-28-29-45(37-17-6-2-7-18-37)47(35-44)38-19-8-3-9-20-38)50-26-13-12-25-46(50)42-27-30-51-48(33-42)49-32-40-21-10-11-22-41(40)34-52(49)54-51/h1-35H. The molecule has 1 aromatic heterocycles. The van der Waals surface area contributed by atoms with Gasteiger partial charge >= 0.3 is 0 Å². The summed E-state index contributed by atoms with van der Waals surface area (Å²) in [6.45, 7) is 0. The van der Waals surface area contributed by atoms with Gasteiger partial charge in [-0.05, 0) is 104 Å².